The van der Waals surface area contributed by atoms with Crippen molar-refractivity contribution in [2.24, 2.45) is 5.92 Å². The molecule has 21 heavy (non-hydrogen) atoms. The molecule has 1 nitrogen and oxygen atoms in total. The van der Waals surface area contributed by atoms with Crippen molar-refractivity contribution in [1.82, 2.24) is 5.32 Å². The highest BCUT2D eigenvalue weighted by atomic mass is 19.4. The molecule has 0 saturated carbocycles. The van der Waals surface area contributed by atoms with Gasteiger partial charge in [0.05, 0.1) is 5.56 Å². The molecule has 0 aromatic heterocycles. The minimum atomic E-state index is -4.45. The van der Waals surface area contributed by atoms with E-state index in [0.717, 1.165) is 31.0 Å². The van der Waals surface area contributed by atoms with Gasteiger partial charge in [0.15, 0.2) is 0 Å². The highest BCUT2D eigenvalue weighted by Crippen LogP contribution is 2.33. The molecule has 1 aromatic rings. The Morgan fingerprint density at radius 2 is 1.81 bits per heavy atom. The molecular formula is C16H23F4N. The molecule has 0 radical (unpaired) electrons. The third kappa shape index (κ3) is 5.65. The second kappa shape index (κ2) is 7.78. The Morgan fingerprint density at radius 3 is 2.33 bits per heavy atom. The Labute approximate surface area is 123 Å². The maximum absolute atomic E-state index is 14.0. The van der Waals surface area contributed by atoms with Crippen molar-refractivity contribution in [3.05, 3.63) is 35.1 Å². The third-order valence-corrected chi connectivity index (χ3v) is 3.37. The Balaban J connectivity index is 3.04. The molecule has 0 amide bonds. The van der Waals surface area contributed by atoms with E-state index in [0.29, 0.717) is 18.9 Å². The second-order valence-electron chi connectivity index (χ2n) is 5.71. The van der Waals surface area contributed by atoms with E-state index < -0.39 is 17.6 Å². The van der Waals surface area contributed by atoms with Gasteiger partial charge in [-0.2, -0.15) is 13.2 Å². The molecule has 1 aromatic carbocycles. The third-order valence-electron chi connectivity index (χ3n) is 3.37. The quantitative estimate of drug-likeness (QED) is 0.672. The number of benzene rings is 1. The lowest BCUT2D eigenvalue weighted by atomic mass is 9.95. The molecule has 1 rings (SSSR count). The van der Waals surface area contributed by atoms with E-state index in [4.69, 9.17) is 0 Å². The van der Waals surface area contributed by atoms with Gasteiger partial charge in [0.1, 0.15) is 5.82 Å². The molecule has 0 spiro atoms. The first-order chi connectivity index (χ1) is 9.75. The number of halogens is 4. The Bertz CT molecular complexity index is 440. The highest BCUT2D eigenvalue weighted by Gasteiger charge is 2.32. The molecule has 0 bridgehead atoms. The molecule has 1 atom stereocenters. The number of rotatable bonds is 7. The number of alkyl halides is 3. The standard InChI is InChI=1S/C16H23F4N/c1-4-9-21-15(8-5-11(2)3)13-10-12(16(18,19)20)6-7-14(13)17/h6-7,10-11,15,21H,4-5,8-9H2,1-3H3. The predicted molar refractivity (Wildman–Crippen MR) is 76.5 cm³/mol. The van der Waals surface area contributed by atoms with Crippen molar-refractivity contribution in [1.29, 1.82) is 0 Å². The van der Waals surface area contributed by atoms with Gasteiger partial charge >= 0.3 is 6.18 Å². The minimum Gasteiger partial charge on any atom is -0.310 e. The Kier molecular flexibility index (Phi) is 6.65. The van der Waals surface area contributed by atoms with Gasteiger partial charge in [-0.05, 0) is 49.9 Å². The van der Waals surface area contributed by atoms with Crippen LogP contribution in [0.25, 0.3) is 0 Å². The maximum atomic E-state index is 14.0. The molecule has 0 aliphatic carbocycles. The number of hydrogen-bond donors (Lipinski definition) is 1. The fourth-order valence-electron chi connectivity index (χ4n) is 2.17. The van der Waals surface area contributed by atoms with E-state index in [1.54, 1.807) is 0 Å². The van der Waals surface area contributed by atoms with Crippen LogP contribution in [0, 0.1) is 11.7 Å². The smallest absolute Gasteiger partial charge is 0.310 e. The zero-order chi connectivity index (χ0) is 16.0. The Morgan fingerprint density at radius 1 is 1.14 bits per heavy atom. The fraction of sp³-hybridized carbons (Fsp3) is 0.625. The van der Waals surface area contributed by atoms with Crippen LogP contribution in [0.2, 0.25) is 0 Å². The lowest BCUT2D eigenvalue weighted by Gasteiger charge is -2.21. The normalized spacial score (nSPS) is 13.7. The van der Waals surface area contributed by atoms with Crippen LogP contribution in [0.15, 0.2) is 18.2 Å². The SMILES string of the molecule is CCCNC(CCC(C)C)c1cc(C(F)(F)F)ccc1F. The van der Waals surface area contributed by atoms with Gasteiger partial charge in [0.2, 0.25) is 0 Å². The van der Waals surface area contributed by atoms with Crippen LogP contribution in [0.3, 0.4) is 0 Å². The van der Waals surface area contributed by atoms with Gasteiger partial charge in [-0.1, -0.05) is 20.8 Å². The van der Waals surface area contributed by atoms with Gasteiger partial charge in [-0.3, -0.25) is 0 Å². The summed E-state index contributed by atoms with van der Waals surface area (Å²) in [6.07, 6.45) is -2.15. The summed E-state index contributed by atoms with van der Waals surface area (Å²) in [5.41, 5.74) is -0.689. The van der Waals surface area contributed by atoms with Crippen LogP contribution >= 0.6 is 0 Å². The van der Waals surface area contributed by atoms with E-state index in [-0.39, 0.29) is 11.6 Å². The van der Waals surface area contributed by atoms with Crippen LogP contribution < -0.4 is 5.32 Å². The molecule has 5 heteroatoms. The molecule has 0 fully saturated rings. The van der Waals surface area contributed by atoms with Crippen LogP contribution in [0.1, 0.15) is 57.2 Å². The van der Waals surface area contributed by atoms with Crippen molar-refractivity contribution in [3.8, 4) is 0 Å². The summed E-state index contributed by atoms with van der Waals surface area (Å²) in [5, 5.41) is 3.15. The van der Waals surface area contributed by atoms with Gasteiger partial charge in [0, 0.05) is 11.6 Å². The summed E-state index contributed by atoms with van der Waals surface area (Å²) in [4.78, 5) is 0. The maximum Gasteiger partial charge on any atom is 0.416 e. The van der Waals surface area contributed by atoms with E-state index >= 15 is 0 Å². The zero-order valence-electron chi connectivity index (χ0n) is 12.7. The molecule has 120 valence electrons. The molecule has 0 saturated heterocycles. The molecule has 1 unspecified atom stereocenters. The van der Waals surface area contributed by atoms with E-state index in [2.05, 4.69) is 5.32 Å². The van der Waals surface area contributed by atoms with E-state index in [9.17, 15) is 17.6 Å². The highest BCUT2D eigenvalue weighted by molar-refractivity contribution is 5.29. The average Bonchev–Trinajstić information content (AvgIpc) is 2.38. The molecular weight excluding hydrogens is 282 g/mol. The van der Waals surface area contributed by atoms with Gasteiger partial charge in [-0.15, -0.1) is 0 Å². The summed E-state index contributed by atoms with van der Waals surface area (Å²) >= 11 is 0. The topological polar surface area (TPSA) is 12.0 Å². The summed E-state index contributed by atoms with van der Waals surface area (Å²) in [7, 11) is 0. The Hall–Kier alpha value is -1.10. The molecule has 0 aliphatic heterocycles. The van der Waals surface area contributed by atoms with Crippen LogP contribution in [-0.4, -0.2) is 6.54 Å². The average molecular weight is 305 g/mol. The summed E-state index contributed by atoms with van der Waals surface area (Å²) in [6, 6.07) is 2.25. The number of nitrogens with one attached hydrogen (secondary N) is 1. The summed E-state index contributed by atoms with van der Waals surface area (Å²) < 4.78 is 52.3. The predicted octanol–water partition coefficient (Wildman–Crippen LogP) is 5.32. The molecule has 1 N–H and O–H groups in total. The van der Waals surface area contributed by atoms with Crippen molar-refractivity contribution in [3.63, 3.8) is 0 Å². The summed E-state index contributed by atoms with van der Waals surface area (Å²) in [5.74, 6) is -0.162. The fourth-order valence-corrected chi connectivity index (χ4v) is 2.17. The van der Waals surface area contributed by atoms with Gasteiger partial charge < -0.3 is 5.32 Å². The minimum absolute atomic E-state index is 0.110. The van der Waals surface area contributed by atoms with E-state index in [1.165, 1.54) is 0 Å². The zero-order valence-corrected chi connectivity index (χ0v) is 12.7. The van der Waals surface area contributed by atoms with Crippen LogP contribution in [-0.2, 0) is 6.18 Å². The van der Waals surface area contributed by atoms with Gasteiger partial charge in [-0.25, -0.2) is 4.39 Å². The lowest BCUT2D eigenvalue weighted by Crippen LogP contribution is -2.24. The van der Waals surface area contributed by atoms with Gasteiger partial charge in [0.25, 0.3) is 0 Å². The van der Waals surface area contributed by atoms with Crippen LogP contribution in [0.5, 0.6) is 0 Å². The first-order valence-electron chi connectivity index (χ1n) is 7.35. The largest absolute Gasteiger partial charge is 0.416 e. The lowest BCUT2D eigenvalue weighted by molar-refractivity contribution is -0.137. The molecule has 0 heterocycles. The number of hydrogen-bond acceptors (Lipinski definition) is 1. The van der Waals surface area contributed by atoms with E-state index in [1.807, 2.05) is 20.8 Å². The van der Waals surface area contributed by atoms with Crippen molar-refractivity contribution in [2.45, 2.75) is 52.3 Å². The second-order valence-corrected chi connectivity index (χ2v) is 5.71. The first-order valence-corrected chi connectivity index (χ1v) is 7.35. The monoisotopic (exact) mass is 305 g/mol. The first kappa shape index (κ1) is 18.0. The summed E-state index contributed by atoms with van der Waals surface area (Å²) in [6.45, 7) is 6.70. The van der Waals surface area contributed by atoms with Crippen molar-refractivity contribution in [2.75, 3.05) is 6.54 Å². The van der Waals surface area contributed by atoms with Crippen LogP contribution in [0.4, 0.5) is 17.6 Å². The van der Waals surface area contributed by atoms with Crippen molar-refractivity contribution >= 4 is 0 Å². The van der Waals surface area contributed by atoms with Crippen molar-refractivity contribution < 1.29 is 17.6 Å². The molecule has 0 aliphatic rings.